The van der Waals surface area contributed by atoms with Crippen LogP contribution < -0.4 is 10.6 Å². The maximum absolute atomic E-state index is 13.1. The number of rotatable bonds is 5. The lowest BCUT2D eigenvalue weighted by Crippen LogP contribution is -2.44. The summed E-state index contributed by atoms with van der Waals surface area (Å²) >= 11 is 0. The number of carbonyl (C=O) groups is 3. The van der Waals surface area contributed by atoms with Gasteiger partial charge in [-0.3, -0.25) is 14.5 Å². The van der Waals surface area contributed by atoms with Crippen molar-refractivity contribution in [3.05, 3.63) is 35.6 Å². The number of hydrogen-bond acceptors (Lipinski definition) is 3. The first-order valence-corrected chi connectivity index (χ1v) is 7.11. The smallest absolute Gasteiger partial charge is 0.325 e. The van der Waals surface area contributed by atoms with Crippen LogP contribution in [0.5, 0.6) is 0 Å². The number of carbonyl (C=O) groups excluding carboxylic acids is 3. The Morgan fingerprint density at radius 3 is 2.45 bits per heavy atom. The third-order valence-electron chi connectivity index (χ3n) is 3.72. The molecule has 1 saturated heterocycles. The van der Waals surface area contributed by atoms with E-state index in [2.05, 4.69) is 10.6 Å². The second-order valence-electron chi connectivity index (χ2n) is 5.04. The Morgan fingerprint density at radius 2 is 1.91 bits per heavy atom. The number of likely N-dealkylation sites (N-methyl/N-ethyl adjacent to an activating group) is 1. The van der Waals surface area contributed by atoms with Gasteiger partial charge in [0.15, 0.2) is 0 Å². The first-order valence-electron chi connectivity index (χ1n) is 7.11. The molecule has 4 amide bonds. The molecule has 0 bridgehead atoms. The van der Waals surface area contributed by atoms with Gasteiger partial charge in [-0.15, -0.1) is 0 Å². The van der Waals surface area contributed by atoms with E-state index in [1.807, 2.05) is 0 Å². The van der Waals surface area contributed by atoms with Gasteiger partial charge in [-0.1, -0.05) is 19.1 Å². The van der Waals surface area contributed by atoms with E-state index in [1.54, 1.807) is 13.8 Å². The van der Waals surface area contributed by atoms with Crippen LogP contribution in [-0.4, -0.2) is 35.8 Å². The maximum atomic E-state index is 13.1. The molecule has 0 radical (unpaired) electrons. The molecule has 22 heavy (non-hydrogen) atoms. The van der Waals surface area contributed by atoms with E-state index in [0.29, 0.717) is 18.5 Å². The molecule has 2 N–H and O–H groups in total. The lowest BCUT2D eigenvalue weighted by atomic mass is 9.87. The Hall–Kier alpha value is -2.44. The highest BCUT2D eigenvalue weighted by atomic mass is 19.1. The molecule has 1 aliphatic heterocycles. The number of halogens is 1. The zero-order valence-electron chi connectivity index (χ0n) is 12.5. The van der Waals surface area contributed by atoms with E-state index in [1.165, 1.54) is 24.3 Å². The Labute approximate surface area is 127 Å². The third kappa shape index (κ3) is 2.66. The predicted molar refractivity (Wildman–Crippen MR) is 77.3 cm³/mol. The molecular formula is C15H18FN3O3. The fraction of sp³-hybridized carbons (Fsp3) is 0.400. The lowest BCUT2D eigenvalue weighted by molar-refractivity contribution is -0.135. The summed E-state index contributed by atoms with van der Waals surface area (Å²) in [6.07, 6.45) is 0.301. The van der Waals surface area contributed by atoms with Crippen molar-refractivity contribution in [1.82, 2.24) is 15.5 Å². The van der Waals surface area contributed by atoms with Crippen LogP contribution in [0.3, 0.4) is 0 Å². The molecule has 1 atom stereocenters. The minimum atomic E-state index is -1.25. The Bertz CT molecular complexity index is 603. The summed E-state index contributed by atoms with van der Waals surface area (Å²) in [6, 6.07) is 4.78. The lowest BCUT2D eigenvalue weighted by Gasteiger charge is -2.25. The van der Waals surface area contributed by atoms with Gasteiger partial charge >= 0.3 is 6.03 Å². The van der Waals surface area contributed by atoms with Crippen LogP contribution in [0.1, 0.15) is 25.8 Å². The molecule has 0 spiro atoms. The highest BCUT2D eigenvalue weighted by molar-refractivity contribution is 6.09. The van der Waals surface area contributed by atoms with Crippen molar-refractivity contribution in [3.8, 4) is 0 Å². The van der Waals surface area contributed by atoms with Crippen LogP contribution in [-0.2, 0) is 15.1 Å². The van der Waals surface area contributed by atoms with Gasteiger partial charge in [0, 0.05) is 6.54 Å². The largest absolute Gasteiger partial charge is 0.355 e. The van der Waals surface area contributed by atoms with Gasteiger partial charge in [-0.25, -0.2) is 9.18 Å². The molecule has 1 aromatic rings. The number of urea groups is 1. The molecule has 1 aromatic carbocycles. The van der Waals surface area contributed by atoms with Crippen molar-refractivity contribution in [3.63, 3.8) is 0 Å². The zero-order valence-corrected chi connectivity index (χ0v) is 12.5. The summed E-state index contributed by atoms with van der Waals surface area (Å²) in [5, 5.41) is 5.18. The van der Waals surface area contributed by atoms with Gasteiger partial charge in [0.2, 0.25) is 5.91 Å². The molecule has 0 saturated carbocycles. The van der Waals surface area contributed by atoms with E-state index >= 15 is 0 Å². The predicted octanol–water partition coefficient (Wildman–Crippen LogP) is 1.12. The van der Waals surface area contributed by atoms with Crippen LogP contribution in [0.2, 0.25) is 0 Å². The number of benzene rings is 1. The molecule has 1 heterocycles. The highest BCUT2D eigenvalue weighted by Crippen LogP contribution is 2.32. The first kappa shape index (κ1) is 15.9. The van der Waals surface area contributed by atoms with Gasteiger partial charge in [0.05, 0.1) is 0 Å². The highest BCUT2D eigenvalue weighted by Gasteiger charge is 2.51. The monoisotopic (exact) mass is 307 g/mol. The minimum absolute atomic E-state index is 0.301. The summed E-state index contributed by atoms with van der Waals surface area (Å²) in [5.74, 6) is -1.33. The zero-order chi connectivity index (χ0) is 16.3. The normalized spacial score (nSPS) is 21.0. The summed E-state index contributed by atoms with van der Waals surface area (Å²) in [7, 11) is 0. The van der Waals surface area contributed by atoms with E-state index in [0.717, 1.165) is 4.90 Å². The van der Waals surface area contributed by atoms with Crippen molar-refractivity contribution in [2.45, 2.75) is 25.8 Å². The average Bonchev–Trinajstić information content (AvgIpc) is 2.73. The fourth-order valence-electron chi connectivity index (χ4n) is 2.54. The molecule has 0 aromatic heterocycles. The van der Waals surface area contributed by atoms with Gasteiger partial charge in [0.1, 0.15) is 17.9 Å². The number of nitrogens with zero attached hydrogens (tertiary/aromatic N) is 1. The number of hydrogen-bond donors (Lipinski definition) is 2. The van der Waals surface area contributed by atoms with Crippen molar-refractivity contribution in [2.75, 3.05) is 13.1 Å². The third-order valence-corrected chi connectivity index (χ3v) is 3.72. The molecule has 2 rings (SSSR count). The van der Waals surface area contributed by atoms with E-state index in [4.69, 9.17) is 0 Å². The van der Waals surface area contributed by atoms with Crippen LogP contribution in [0.4, 0.5) is 9.18 Å². The van der Waals surface area contributed by atoms with Crippen molar-refractivity contribution < 1.29 is 18.8 Å². The summed E-state index contributed by atoms with van der Waals surface area (Å²) in [5.41, 5.74) is -0.759. The van der Waals surface area contributed by atoms with Crippen LogP contribution in [0.25, 0.3) is 0 Å². The van der Waals surface area contributed by atoms with Crippen LogP contribution >= 0.6 is 0 Å². The van der Waals surface area contributed by atoms with Crippen molar-refractivity contribution in [1.29, 1.82) is 0 Å². The molecular weight excluding hydrogens is 289 g/mol. The molecule has 1 aliphatic rings. The number of amides is 4. The van der Waals surface area contributed by atoms with Gasteiger partial charge < -0.3 is 10.6 Å². The number of imide groups is 1. The molecule has 1 fully saturated rings. The van der Waals surface area contributed by atoms with Crippen molar-refractivity contribution in [2.24, 2.45) is 0 Å². The maximum Gasteiger partial charge on any atom is 0.325 e. The quantitative estimate of drug-likeness (QED) is 0.800. The minimum Gasteiger partial charge on any atom is -0.355 e. The van der Waals surface area contributed by atoms with Gasteiger partial charge in [-0.05, 0) is 31.0 Å². The summed E-state index contributed by atoms with van der Waals surface area (Å²) < 4.78 is 13.1. The standard InChI is InChI=1S/C15H18FN3O3/c1-3-15(10-5-7-11(16)8-6-10)13(21)19(14(22)18-15)9-12(20)17-4-2/h5-8H,3-4,9H2,1-2H3,(H,17,20)(H,18,22). The Kier molecular flexibility index (Phi) is 4.44. The Morgan fingerprint density at radius 1 is 1.27 bits per heavy atom. The fourth-order valence-corrected chi connectivity index (χ4v) is 2.54. The summed E-state index contributed by atoms with van der Waals surface area (Å²) in [6.45, 7) is 3.58. The second-order valence-corrected chi connectivity index (χ2v) is 5.04. The first-order chi connectivity index (χ1) is 10.4. The van der Waals surface area contributed by atoms with Gasteiger partial charge in [-0.2, -0.15) is 0 Å². The van der Waals surface area contributed by atoms with Crippen LogP contribution in [0.15, 0.2) is 24.3 Å². The SMILES string of the molecule is CCNC(=O)CN1C(=O)NC(CC)(c2ccc(F)cc2)C1=O. The molecule has 6 nitrogen and oxygen atoms in total. The van der Waals surface area contributed by atoms with Gasteiger partial charge in [0.25, 0.3) is 5.91 Å². The summed E-state index contributed by atoms with van der Waals surface area (Å²) in [4.78, 5) is 37.3. The van der Waals surface area contributed by atoms with Crippen molar-refractivity contribution >= 4 is 17.8 Å². The van der Waals surface area contributed by atoms with E-state index in [-0.39, 0.29) is 6.54 Å². The molecule has 1 unspecified atom stereocenters. The van der Waals surface area contributed by atoms with E-state index in [9.17, 15) is 18.8 Å². The molecule has 7 heteroatoms. The van der Waals surface area contributed by atoms with E-state index < -0.39 is 29.2 Å². The second kappa shape index (κ2) is 6.13. The topological polar surface area (TPSA) is 78.5 Å². The average molecular weight is 307 g/mol. The Balaban J connectivity index is 2.31. The number of nitrogens with one attached hydrogen (secondary N) is 2. The van der Waals surface area contributed by atoms with Crippen LogP contribution in [0, 0.1) is 5.82 Å². The molecule has 0 aliphatic carbocycles. The molecule has 118 valence electrons.